The summed E-state index contributed by atoms with van der Waals surface area (Å²) < 4.78 is 0. The second kappa shape index (κ2) is 7.71. The van der Waals surface area contributed by atoms with Gasteiger partial charge >= 0.3 is 0 Å². The first-order valence-corrected chi connectivity index (χ1v) is 8.13. The van der Waals surface area contributed by atoms with E-state index in [4.69, 9.17) is 0 Å². The van der Waals surface area contributed by atoms with E-state index in [1.165, 1.54) is 0 Å². The van der Waals surface area contributed by atoms with Crippen LogP contribution in [0.5, 0.6) is 0 Å². The highest BCUT2D eigenvalue weighted by atomic mass is 32.1. The van der Waals surface area contributed by atoms with Gasteiger partial charge in [-0.3, -0.25) is 9.69 Å². The summed E-state index contributed by atoms with van der Waals surface area (Å²) >= 11 is 1.60. The monoisotopic (exact) mass is 297 g/mol. The molecule has 0 saturated carbocycles. The second-order valence-electron chi connectivity index (χ2n) is 5.17. The van der Waals surface area contributed by atoms with Gasteiger partial charge in [0.25, 0.3) is 0 Å². The molecule has 0 aliphatic carbocycles. The zero-order valence-corrected chi connectivity index (χ0v) is 12.8. The van der Waals surface area contributed by atoms with Crippen LogP contribution in [0.1, 0.15) is 24.8 Å². The molecule has 112 valence electrons. The number of piperazine rings is 1. The maximum Gasteiger partial charge on any atom is 0.223 e. The summed E-state index contributed by atoms with van der Waals surface area (Å²) in [5, 5.41) is 12.6. The van der Waals surface area contributed by atoms with Gasteiger partial charge < -0.3 is 10.0 Å². The number of nitrogens with zero attached hydrogens (tertiary/aromatic N) is 3. The number of thiazole rings is 1. The Labute approximate surface area is 124 Å². The van der Waals surface area contributed by atoms with E-state index in [0.717, 1.165) is 50.6 Å². The van der Waals surface area contributed by atoms with Crippen molar-refractivity contribution in [3.8, 4) is 0 Å². The van der Waals surface area contributed by atoms with Crippen LogP contribution in [-0.4, -0.2) is 64.6 Å². The highest BCUT2D eigenvalue weighted by Gasteiger charge is 2.21. The zero-order chi connectivity index (χ0) is 14.4. The van der Waals surface area contributed by atoms with Gasteiger partial charge in [0.05, 0.1) is 11.1 Å². The lowest BCUT2D eigenvalue weighted by Crippen LogP contribution is -2.50. The summed E-state index contributed by atoms with van der Waals surface area (Å²) in [6.45, 7) is 5.97. The van der Waals surface area contributed by atoms with Gasteiger partial charge in [-0.05, 0) is 6.42 Å². The smallest absolute Gasteiger partial charge is 0.223 e. The van der Waals surface area contributed by atoms with E-state index in [1.807, 2.05) is 17.2 Å². The van der Waals surface area contributed by atoms with Crippen LogP contribution in [0.15, 0.2) is 11.6 Å². The molecule has 0 radical (unpaired) electrons. The molecule has 1 N–H and O–H groups in total. The summed E-state index contributed by atoms with van der Waals surface area (Å²) in [6.07, 6.45) is 3.60. The van der Waals surface area contributed by atoms with Crippen LogP contribution in [0.2, 0.25) is 0 Å². The Kier molecular flexibility index (Phi) is 5.94. The van der Waals surface area contributed by atoms with E-state index in [-0.39, 0.29) is 12.0 Å². The Bertz CT molecular complexity index is 403. The molecule has 1 aromatic heterocycles. The van der Waals surface area contributed by atoms with Crippen LogP contribution >= 0.6 is 11.3 Å². The van der Waals surface area contributed by atoms with Crippen molar-refractivity contribution in [2.75, 3.05) is 32.7 Å². The van der Waals surface area contributed by atoms with Gasteiger partial charge in [0, 0.05) is 57.1 Å². The molecule has 0 unspecified atom stereocenters. The first-order chi connectivity index (χ1) is 9.69. The Hall–Kier alpha value is -0.980. The van der Waals surface area contributed by atoms with Crippen molar-refractivity contribution in [1.82, 2.24) is 14.8 Å². The summed E-state index contributed by atoms with van der Waals surface area (Å²) in [6, 6.07) is 0. The predicted molar refractivity (Wildman–Crippen MR) is 79.8 cm³/mol. The van der Waals surface area contributed by atoms with Crippen LogP contribution in [0.25, 0.3) is 0 Å². The van der Waals surface area contributed by atoms with Gasteiger partial charge in [-0.25, -0.2) is 4.98 Å². The fourth-order valence-electron chi connectivity index (χ4n) is 2.36. The van der Waals surface area contributed by atoms with Crippen LogP contribution in [0, 0.1) is 0 Å². The number of rotatable bonds is 6. The molecule has 1 atom stereocenters. The highest BCUT2D eigenvalue weighted by molar-refractivity contribution is 7.09. The third kappa shape index (κ3) is 4.54. The molecule has 2 heterocycles. The van der Waals surface area contributed by atoms with Crippen LogP contribution in [0.4, 0.5) is 0 Å². The summed E-state index contributed by atoms with van der Waals surface area (Å²) in [4.78, 5) is 20.5. The Morgan fingerprint density at radius 2 is 2.20 bits per heavy atom. The van der Waals surface area contributed by atoms with Crippen molar-refractivity contribution in [2.24, 2.45) is 0 Å². The SMILES string of the molecule is CC[C@@H](O)CN1CCN(C(=O)CCc2nccs2)CC1. The maximum atomic E-state index is 12.1. The van der Waals surface area contributed by atoms with Crippen molar-refractivity contribution in [2.45, 2.75) is 32.3 Å². The minimum absolute atomic E-state index is 0.218. The number of aromatic nitrogens is 1. The number of β-amino-alcohol motifs (C(OH)–C–C–N with tert-alkyl or cyclic N) is 1. The second-order valence-corrected chi connectivity index (χ2v) is 6.15. The number of aliphatic hydroxyl groups is 1. The molecule has 2 rings (SSSR count). The molecule has 1 aliphatic heterocycles. The molecule has 0 bridgehead atoms. The highest BCUT2D eigenvalue weighted by Crippen LogP contribution is 2.10. The number of hydrogen-bond acceptors (Lipinski definition) is 5. The largest absolute Gasteiger partial charge is 0.392 e. The van der Waals surface area contributed by atoms with Crippen LogP contribution in [-0.2, 0) is 11.2 Å². The summed E-state index contributed by atoms with van der Waals surface area (Å²) in [7, 11) is 0. The Balaban J connectivity index is 1.69. The number of hydrogen-bond donors (Lipinski definition) is 1. The van der Waals surface area contributed by atoms with E-state index in [9.17, 15) is 9.90 Å². The molecule has 20 heavy (non-hydrogen) atoms. The lowest BCUT2D eigenvalue weighted by molar-refractivity contribution is -0.133. The minimum atomic E-state index is -0.248. The lowest BCUT2D eigenvalue weighted by Gasteiger charge is -2.35. The van der Waals surface area contributed by atoms with Gasteiger partial charge in [-0.1, -0.05) is 6.92 Å². The number of carbonyl (C=O) groups is 1. The van der Waals surface area contributed by atoms with Crippen LogP contribution in [0.3, 0.4) is 0 Å². The maximum absolute atomic E-state index is 12.1. The molecular formula is C14H23N3O2S. The van der Waals surface area contributed by atoms with E-state index >= 15 is 0 Å². The average Bonchev–Trinajstić information content (AvgIpc) is 2.98. The third-order valence-corrected chi connectivity index (χ3v) is 4.54. The van der Waals surface area contributed by atoms with Gasteiger partial charge in [0.1, 0.15) is 0 Å². The molecule has 1 amide bonds. The number of aryl methyl sites for hydroxylation is 1. The van der Waals surface area contributed by atoms with Crippen molar-refractivity contribution in [3.63, 3.8) is 0 Å². The van der Waals surface area contributed by atoms with Crippen LogP contribution < -0.4 is 0 Å². The van der Waals surface area contributed by atoms with Gasteiger partial charge in [-0.2, -0.15) is 0 Å². The van der Waals surface area contributed by atoms with E-state index in [0.29, 0.717) is 6.42 Å². The summed E-state index contributed by atoms with van der Waals surface area (Å²) in [5.41, 5.74) is 0. The normalized spacial score (nSPS) is 18.2. The molecule has 1 aromatic rings. The van der Waals surface area contributed by atoms with Crippen molar-refractivity contribution < 1.29 is 9.90 Å². The average molecular weight is 297 g/mol. The number of carbonyl (C=O) groups excluding carboxylic acids is 1. The molecule has 0 aromatic carbocycles. The zero-order valence-electron chi connectivity index (χ0n) is 12.0. The van der Waals surface area contributed by atoms with Crippen molar-refractivity contribution in [3.05, 3.63) is 16.6 Å². The minimum Gasteiger partial charge on any atom is -0.392 e. The van der Waals surface area contributed by atoms with E-state index < -0.39 is 0 Å². The molecule has 1 saturated heterocycles. The molecule has 1 fully saturated rings. The van der Waals surface area contributed by atoms with E-state index in [2.05, 4.69) is 9.88 Å². The first-order valence-electron chi connectivity index (χ1n) is 7.25. The van der Waals surface area contributed by atoms with Crippen molar-refractivity contribution in [1.29, 1.82) is 0 Å². The quantitative estimate of drug-likeness (QED) is 0.851. The molecule has 0 spiro atoms. The summed E-state index contributed by atoms with van der Waals surface area (Å²) in [5.74, 6) is 0.218. The molecule has 5 nitrogen and oxygen atoms in total. The fraction of sp³-hybridized carbons (Fsp3) is 0.714. The molecule has 1 aliphatic rings. The predicted octanol–water partition coefficient (Wildman–Crippen LogP) is 0.991. The molecular weight excluding hydrogens is 274 g/mol. The first kappa shape index (κ1) is 15.4. The lowest BCUT2D eigenvalue weighted by atomic mass is 10.2. The third-order valence-electron chi connectivity index (χ3n) is 3.70. The Morgan fingerprint density at radius 3 is 2.80 bits per heavy atom. The fourth-order valence-corrected chi connectivity index (χ4v) is 2.98. The number of amides is 1. The standard InChI is InChI=1S/C14H23N3O2S/c1-2-12(18)11-16-6-8-17(9-7-16)14(19)4-3-13-15-5-10-20-13/h5,10,12,18H,2-4,6-9,11H2,1H3/t12-/m1/s1. The van der Waals surface area contributed by atoms with Crippen molar-refractivity contribution >= 4 is 17.2 Å². The molecule has 6 heteroatoms. The topological polar surface area (TPSA) is 56.7 Å². The van der Waals surface area contributed by atoms with Gasteiger partial charge in [0.2, 0.25) is 5.91 Å². The van der Waals surface area contributed by atoms with E-state index in [1.54, 1.807) is 17.5 Å². The van der Waals surface area contributed by atoms with Gasteiger partial charge in [0.15, 0.2) is 0 Å². The van der Waals surface area contributed by atoms with Gasteiger partial charge in [-0.15, -0.1) is 11.3 Å². The Morgan fingerprint density at radius 1 is 1.45 bits per heavy atom. The number of aliphatic hydroxyl groups excluding tert-OH is 1.